The molecule has 0 amide bonds. The van der Waals surface area contributed by atoms with Crippen molar-refractivity contribution < 1.29 is 9.13 Å². The number of methoxy groups -OCH3 is 1. The molecule has 1 aromatic carbocycles. The van der Waals surface area contributed by atoms with Crippen molar-refractivity contribution in [2.75, 3.05) is 7.11 Å². The first kappa shape index (κ1) is 16.3. The molecule has 21 heavy (non-hydrogen) atoms. The van der Waals surface area contributed by atoms with Gasteiger partial charge in [-0.05, 0) is 61.1 Å². The first-order chi connectivity index (χ1) is 9.73. The molecule has 1 saturated carbocycles. The van der Waals surface area contributed by atoms with Gasteiger partial charge in [-0.2, -0.15) is 0 Å². The molecule has 0 aromatic heterocycles. The van der Waals surface area contributed by atoms with Crippen molar-refractivity contribution in [3.05, 3.63) is 29.6 Å². The van der Waals surface area contributed by atoms with Crippen molar-refractivity contribution in [1.29, 1.82) is 0 Å². The minimum Gasteiger partial charge on any atom is -0.494 e. The third-order valence-corrected chi connectivity index (χ3v) is 4.98. The Labute approximate surface area is 127 Å². The summed E-state index contributed by atoms with van der Waals surface area (Å²) < 4.78 is 18.7. The summed E-state index contributed by atoms with van der Waals surface area (Å²) in [6, 6.07) is 5.17. The highest BCUT2D eigenvalue weighted by molar-refractivity contribution is 5.30. The molecule has 0 bridgehead atoms. The molecule has 0 aliphatic heterocycles. The second kappa shape index (κ2) is 5.96. The van der Waals surface area contributed by atoms with Gasteiger partial charge in [0.1, 0.15) is 0 Å². The van der Waals surface area contributed by atoms with Crippen LogP contribution in [-0.4, -0.2) is 12.6 Å². The molecule has 1 aliphatic carbocycles. The highest BCUT2D eigenvalue weighted by Gasteiger charge is 2.36. The SMILES string of the molecule is COc1ccc(CC2(N)CCC(C(C)(C)C)CC2)cc1F. The van der Waals surface area contributed by atoms with E-state index in [4.69, 9.17) is 10.5 Å². The zero-order valence-electron chi connectivity index (χ0n) is 13.7. The van der Waals surface area contributed by atoms with Crippen LogP contribution in [0.3, 0.4) is 0 Å². The lowest BCUT2D eigenvalue weighted by Gasteiger charge is -2.42. The summed E-state index contributed by atoms with van der Waals surface area (Å²) in [5.41, 5.74) is 7.69. The van der Waals surface area contributed by atoms with E-state index in [2.05, 4.69) is 20.8 Å². The smallest absolute Gasteiger partial charge is 0.165 e. The zero-order valence-corrected chi connectivity index (χ0v) is 13.7. The Kier molecular flexibility index (Phi) is 4.62. The molecule has 0 saturated heterocycles. The summed E-state index contributed by atoms with van der Waals surface area (Å²) in [7, 11) is 1.48. The number of hydrogen-bond acceptors (Lipinski definition) is 2. The Morgan fingerprint density at radius 3 is 2.38 bits per heavy atom. The van der Waals surface area contributed by atoms with Crippen LogP contribution in [0.2, 0.25) is 0 Å². The van der Waals surface area contributed by atoms with Gasteiger partial charge in [-0.25, -0.2) is 4.39 Å². The Morgan fingerprint density at radius 1 is 1.29 bits per heavy atom. The van der Waals surface area contributed by atoms with Gasteiger partial charge < -0.3 is 10.5 Å². The lowest BCUT2D eigenvalue weighted by molar-refractivity contribution is 0.134. The summed E-state index contributed by atoms with van der Waals surface area (Å²) in [4.78, 5) is 0. The largest absolute Gasteiger partial charge is 0.494 e. The molecule has 0 unspecified atom stereocenters. The van der Waals surface area contributed by atoms with Crippen molar-refractivity contribution in [3.8, 4) is 5.75 Å². The molecule has 1 fully saturated rings. The summed E-state index contributed by atoms with van der Waals surface area (Å²) in [5.74, 6) is 0.727. The van der Waals surface area contributed by atoms with E-state index in [0.717, 1.165) is 30.7 Å². The van der Waals surface area contributed by atoms with Gasteiger partial charge in [0.05, 0.1) is 7.11 Å². The predicted molar refractivity (Wildman–Crippen MR) is 85.0 cm³/mol. The number of ether oxygens (including phenoxy) is 1. The van der Waals surface area contributed by atoms with E-state index >= 15 is 0 Å². The average Bonchev–Trinajstić information content (AvgIpc) is 2.38. The van der Waals surface area contributed by atoms with E-state index in [1.165, 1.54) is 20.0 Å². The van der Waals surface area contributed by atoms with Crippen LogP contribution in [0.15, 0.2) is 18.2 Å². The monoisotopic (exact) mass is 293 g/mol. The highest BCUT2D eigenvalue weighted by Crippen LogP contribution is 2.41. The van der Waals surface area contributed by atoms with Gasteiger partial charge in [-0.3, -0.25) is 0 Å². The number of benzene rings is 1. The van der Waals surface area contributed by atoms with Crippen LogP contribution in [0.4, 0.5) is 4.39 Å². The van der Waals surface area contributed by atoms with E-state index in [0.29, 0.717) is 11.2 Å². The topological polar surface area (TPSA) is 35.2 Å². The second-order valence-corrected chi connectivity index (χ2v) is 7.65. The van der Waals surface area contributed by atoms with Crippen LogP contribution in [0.5, 0.6) is 5.75 Å². The third kappa shape index (κ3) is 3.97. The molecule has 0 radical (unpaired) electrons. The average molecular weight is 293 g/mol. The second-order valence-electron chi connectivity index (χ2n) is 7.65. The van der Waals surface area contributed by atoms with Crippen LogP contribution in [0, 0.1) is 17.2 Å². The van der Waals surface area contributed by atoms with Crippen LogP contribution in [0.25, 0.3) is 0 Å². The number of rotatable bonds is 3. The summed E-state index contributed by atoms with van der Waals surface area (Å²) >= 11 is 0. The molecule has 3 heteroatoms. The van der Waals surface area contributed by atoms with E-state index < -0.39 is 0 Å². The van der Waals surface area contributed by atoms with Gasteiger partial charge >= 0.3 is 0 Å². The van der Waals surface area contributed by atoms with Crippen LogP contribution < -0.4 is 10.5 Å². The van der Waals surface area contributed by atoms with Gasteiger partial charge in [-0.1, -0.05) is 26.8 Å². The van der Waals surface area contributed by atoms with Gasteiger partial charge in [0, 0.05) is 5.54 Å². The molecule has 2 rings (SSSR count). The molecular weight excluding hydrogens is 265 g/mol. The first-order valence-corrected chi connectivity index (χ1v) is 7.85. The maximum Gasteiger partial charge on any atom is 0.165 e. The molecular formula is C18H28FNO. The standard InChI is InChI=1S/C18H28FNO/c1-17(2,3)14-7-9-18(20,10-8-14)12-13-5-6-16(21-4)15(19)11-13/h5-6,11,14H,7-10,12,20H2,1-4H3. The maximum absolute atomic E-state index is 13.8. The van der Waals surface area contributed by atoms with Gasteiger partial charge in [-0.15, -0.1) is 0 Å². The molecule has 2 N–H and O–H groups in total. The van der Waals surface area contributed by atoms with Crippen LogP contribution >= 0.6 is 0 Å². The Bertz CT molecular complexity index is 484. The number of hydrogen-bond donors (Lipinski definition) is 1. The Morgan fingerprint density at radius 2 is 1.90 bits per heavy atom. The molecule has 0 spiro atoms. The van der Waals surface area contributed by atoms with Gasteiger partial charge in [0.15, 0.2) is 11.6 Å². The van der Waals surface area contributed by atoms with Crippen LogP contribution in [-0.2, 0) is 6.42 Å². The van der Waals surface area contributed by atoms with E-state index in [-0.39, 0.29) is 11.4 Å². The van der Waals surface area contributed by atoms with Crippen molar-refractivity contribution in [2.24, 2.45) is 17.1 Å². The summed E-state index contributed by atoms with van der Waals surface area (Å²) in [6.45, 7) is 6.92. The lowest BCUT2D eigenvalue weighted by Crippen LogP contribution is -2.46. The third-order valence-electron chi connectivity index (χ3n) is 4.98. The van der Waals surface area contributed by atoms with Crippen LogP contribution in [0.1, 0.15) is 52.0 Å². The van der Waals surface area contributed by atoms with Crippen molar-refractivity contribution in [1.82, 2.24) is 0 Å². The summed E-state index contributed by atoms with van der Waals surface area (Å²) in [6.07, 6.45) is 5.10. The maximum atomic E-state index is 13.8. The normalized spacial score (nSPS) is 26.7. The van der Waals surface area contributed by atoms with E-state index in [1.54, 1.807) is 12.1 Å². The molecule has 0 heterocycles. The fraction of sp³-hybridized carbons (Fsp3) is 0.667. The van der Waals surface area contributed by atoms with Crippen molar-refractivity contribution in [3.63, 3.8) is 0 Å². The first-order valence-electron chi connectivity index (χ1n) is 7.85. The van der Waals surface area contributed by atoms with Gasteiger partial charge in [0.25, 0.3) is 0 Å². The lowest BCUT2D eigenvalue weighted by atomic mass is 9.66. The molecule has 1 aliphatic rings. The molecule has 2 nitrogen and oxygen atoms in total. The Balaban J connectivity index is 2.02. The minimum atomic E-state index is -0.304. The number of halogens is 1. The fourth-order valence-corrected chi connectivity index (χ4v) is 3.46. The molecule has 1 aromatic rings. The predicted octanol–water partition coefficient (Wildman–Crippen LogP) is 4.31. The minimum absolute atomic E-state index is 0.192. The quantitative estimate of drug-likeness (QED) is 0.901. The van der Waals surface area contributed by atoms with E-state index in [9.17, 15) is 4.39 Å². The molecule has 0 atom stereocenters. The van der Waals surface area contributed by atoms with E-state index in [1.807, 2.05) is 6.07 Å². The Hall–Kier alpha value is -1.09. The zero-order chi connectivity index (χ0) is 15.7. The van der Waals surface area contributed by atoms with Crippen molar-refractivity contribution in [2.45, 2.75) is 58.4 Å². The van der Waals surface area contributed by atoms with Crippen molar-refractivity contribution >= 4 is 0 Å². The number of nitrogens with two attached hydrogens (primary N) is 1. The highest BCUT2D eigenvalue weighted by atomic mass is 19.1. The van der Waals surface area contributed by atoms with Gasteiger partial charge in [0.2, 0.25) is 0 Å². The fourth-order valence-electron chi connectivity index (χ4n) is 3.46. The molecule has 118 valence electrons. The summed E-state index contributed by atoms with van der Waals surface area (Å²) in [5, 5.41) is 0.